The van der Waals surface area contributed by atoms with Crippen molar-refractivity contribution in [1.82, 2.24) is 0 Å². The lowest BCUT2D eigenvalue weighted by molar-refractivity contribution is 0.109. The molecule has 3 rings (SSSR count). The van der Waals surface area contributed by atoms with Crippen LogP contribution in [-0.2, 0) is 6.42 Å². The zero-order valence-electron chi connectivity index (χ0n) is 9.43. The summed E-state index contributed by atoms with van der Waals surface area (Å²) in [7, 11) is 0. The molecule has 1 aliphatic carbocycles. The van der Waals surface area contributed by atoms with Gasteiger partial charge < -0.3 is 5.11 Å². The molecule has 0 radical (unpaired) electrons. The van der Waals surface area contributed by atoms with Crippen molar-refractivity contribution in [2.45, 2.75) is 48.4 Å². The summed E-state index contributed by atoms with van der Waals surface area (Å²) in [5, 5.41) is 10.8. The van der Waals surface area contributed by atoms with Crippen molar-refractivity contribution in [3.63, 3.8) is 0 Å². The van der Waals surface area contributed by atoms with E-state index in [1.165, 1.54) is 36.1 Å². The van der Waals surface area contributed by atoms with Gasteiger partial charge in [0.15, 0.2) is 0 Å². The molecule has 1 nitrogen and oxygen atoms in total. The van der Waals surface area contributed by atoms with Gasteiger partial charge in [-0.1, -0.05) is 31.0 Å². The summed E-state index contributed by atoms with van der Waals surface area (Å²) < 4.78 is 0. The second-order valence-electron chi connectivity index (χ2n) is 5.00. The van der Waals surface area contributed by atoms with Crippen LogP contribution >= 0.6 is 11.8 Å². The topological polar surface area (TPSA) is 20.2 Å². The van der Waals surface area contributed by atoms with Crippen LogP contribution in [0.3, 0.4) is 0 Å². The highest BCUT2D eigenvalue weighted by Gasteiger charge is 2.34. The van der Waals surface area contributed by atoms with Crippen molar-refractivity contribution in [2.24, 2.45) is 5.92 Å². The molecule has 16 heavy (non-hydrogen) atoms. The summed E-state index contributed by atoms with van der Waals surface area (Å²) in [5.74, 6) is 0.562. The van der Waals surface area contributed by atoms with E-state index in [0.717, 1.165) is 6.42 Å². The van der Waals surface area contributed by atoms with E-state index in [9.17, 15) is 5.11 Å². The third-order valence-corrected chi connectivity index (χ3v) is 5.34. The minimum Gasteiger partial charge on any atom is -0.392 e. The number of fused-ring (bicyclic) bond motifs is 1. The molecule has 1 heterocycles. The van der Waals surface area contributed by atoms with Crippen LogP contribution in [0.25, 0.3) is 0 Å². The molecule has 2 heteroatoms. The Balaban J connectivity index is 1.70. The van der Waals surface area contributed by atoms with E-state index in [2.05, 4.69) is 24.3 Å². The Morgan fingerprint density at radius 2 is 1.94 bits per heavy atom. The largest absolute Gasteiger partial charge is 0.392 e. The molecule has 0 aromatic heterocycles. The van der Waals surface area contributed by atoms with Crippen LogP contribution in [0, 0.1) is 5.92 Å². The number of thioether (sulfide) groups is 1. The Labute approximate surface area is 101 Å². The molecule has 2 aliphatic rings. The van der Waals surface area contributed by atoms with Crippen LogP contribution in [0.4, 0.5) is 0 Å². The van der Waals surface area contributed by atoms with Crippen LogP contribution in [0.1, 0.15) is 31.2 Å². The molecule has 1 aromatic rings. The third kappa shape index (κ3) is 1.89. The first-order valence-electron chi connectivity index (χ1n) is 6.27. The summed E-state index contributed by atoms with van der Waals surface area (Å²) >= 11 is 1.88. The number of hydrogen-bond acceptors (Lipinski definition) is 2. The molecule has 2 unspecified atom stereocenters. The maximum atomic E-state index is 10.4. The number of aliphatic hydroxyl groups excluding tert-OH is 1. The fourth-order valence-corrected chi connectivity index (χ4v) is 4.41. The predicted molar refractivity (Wildman–Crippen MR) is 67.8 cm³/mol. The van der Waals surface area contributed by atoms with Crippen molar-refractivity contribution >= 4 is 11.8 Å². The van der Waals surface area contributed by atoms with E-state index >= 15 is 0 Å². The van der Waals surface area contributed by atoms with Gasteiger partial charge in [-0.2, -0.15) is 0 Å². The highest BCUT2D eigenvalue weighted by Crippen LogP contribution is 2.42. The predicted octanol–water partition coefficient (Wildman–Crippen LogP) is 3.25. The minimum absolute atomic E-state index is 0.0973. The fraction of sp³-hybridized carbons (Fsp3) is 0.571. The lowest BCUT2D eigenvalue weighted by Gasteiger charge is -2.22. The first kappa shape index (κ1) is 10.7. The van der Waals surface area contributed by atoms with Crippen LogP contribution in [-0.4, -0.2) is 16.5 Å². The summed E-state index contributed by atoms with van der Waals surface area (Å²) in [6, 6.07) is 8.57. The second-order valence-corrected chi connectivity index (χ2v) is 6.28. The maximum absolute atomic E-state index is 10.4. The molecule has 1 N–H and O–H groups in total. The van der Waals surface area contributed by atoms with Gasteiger partial charge in [0.1, 0.15) is 0 Å². The van der Waals surface area contributed by atoms with Crippen molar-refractivity contribution < 1.29 is 5.11 Å². The molecule has 1 saturated carbocycles. The summed E-state index contributed by atoms with van der Waals surface area (Å²) in [6.07, 6.45) is 6.04. The highest BCUT2D eigenvalue weighted by molar-refractivity contribution is 8.00. The van der Waals surface area contributed by atoms with Crippen LogP contribution in [0.15, 0.2) is 29.2 Å². The monoisotopic (exact) mass is 234 g/mol. The number of benzene rings is 1. The van der Waals surface area contributed by atoms with Gasteiger partial charge in [-0.05, 0) is 36.8 Å². The fourth-order valence-electron chi connectivity index (χ4n) is 3.00. The van der Waals surface area contributed by atoms with E-state index < -0.39 is 0 Å². The third-order valence-electron chi connectivity index (χ3n) is 3.94. The Morgan fingerprint density at radius 1 is 1.19 bits per heavy atom. The van der Waals surface area contributed by atoms with Gasteiger partial charge >= 0.3 is 0 Å². The highest BCUT2D eigenvalue weighted by atomic mass is 32.2. The lowest BCUT2D eigenvalue weighted by atomic mass is 9.95. The van der Waals surface area contributed by atoms with E-state index in [1.54, 1.807) is 0 Å². The van der Waals surface area contributed by atoms with Crippen molar-refractivity contribution in [2.75, 3.05) is 0 Å². The van der Waals surface area contributed by atoms with Crippen molar-refractivity contribution in [3.05, 3.63) is 29.8 Å². The average molecular weight is 234 g/mol. The molecule has 0 spiro atoms. The second kappa shape index (κ2) is 4.42. The standard InChI is InChI=1S/C14H18OS/c15-14(10-5-1-2-6-10)13-9-11-7-3-4-8-12(11)16-13/h3-4,7-8,10,13-15H,1-2,5-6,9H2. The molecular weight excluding hydrogens is 216 g/mol. The Kier molecular flexibility index (Phi) is 2.95. The molecule has 1 aromatic carbocycles. The van der Waals surface area contributed by atoms with Gasteiger partial charge in [0.05, 0.1) is 6.10 Å². The Morgan fingerprint density at radius 3 is 2.69 bits per heavy atom. The molecule has 0 bridgehead atoms. The zero-order valence-corrected chi connectivity index (χ0v) is 10.2. The van der Waals surface area contributed by atoms with Gasteiger partial charge in [0, 0.05) is 10.1 Å². The van der Waals surface area contributed by atoms with Gasteiger partial charge in [0.25, 0.3) is 0 Å². The van der Waals surface area contributed by atoms with E-state index in [0.29, 0.717) is 11.2 Å². The molecular formula is C14H18OS. The van der Waals surface area contributed by atoms with Crippen molar-refractivity contribution in [3.8, 4) is 0 Å². The molecule has 0 amide bonds. The number of hydrogen-bond donors (Lipinski definition) is 1. The number of rotatable bonds is 2. The van der Waals surface area contributed by atoms with Crippen LogP contribution in [0.5, 0.6) is 0 Å². The molecule has 2 atom stereocenters. The molecule has 1 fully saturated rings. The lowest BCUT2D eigenvalue weighted by Crippen LogP contribution is -2.29. The maximum Gasteiger partial charge on any atom is 0.0693 e. The Bertz CT molecular complexity index is 346. The first-order valence-corrected chi connectivity index (χ1v) is 7.15. The number of aliphatic hydroxyl groups is 1. The van der Waals surface area contributed by atoms with Crippen LogP contribution in [0.2, 0.25) is 0 Å². The SMILES string of the molecule is OC(C1CCCC1)C1Cc2ccccc2S1. The summed E-state index contributed by atoms with van der Waals surface area (Å²) in [5.41, 5.74) is 1.43. The van der Waals surface area contributed by atoms with Gasteiger partial charge in [0.2, 0.25) is 0 Å². The average Bonchev–Trinajstić information content (AvgIpc) is 2.97. The van der Waals surface area contributed by atoms with Gasteiger partial charge in [-0.3, -0.25) is 0 Å². The Hall–Kier alpha value is -0.470. The van der Waals surface area contributed by atoms with E-state index in [1.807, 2.05) is 11.8 Å². The zero-order chi connectivity index (χ0) is 11.0. The molecule has 86 valence electrons. The van der Waals surface area contributed by atoms with Crippen LogP contribution < -0.4 is 0 Å². The van der Waals surface area contributed by atoms with E-state index in [4.69, 9.17) is 0 Å². The van der Waals surface area contributed by atoms with E-state index in [-0.39, 0.29) is 6.10 Å². The van der Waals surface area contributed by atoms with Gasteiger partial charge in [-0.15, -0.1) is 11.8 Å². The quantitative estimate of drug-likeness (QED) is 0.847. The van der Waals surface area contributed by atoms with Crippen molar-refractivity contribution in [1.29, 1.82) is 0 Å². The smallest absolute Gasteiger partial charge is 0.0693 e. The van der Waals surface area contributed by atoms with Gasteiger partial charge in [-0.25, -0.2) is 0 Å². The summed E-state index contributed by atoms with van der Waals surface area (Å²) in [6.45, 7) is 0. The molecule has 0 saturated heterocycles. The first-order chi connectivity index (χ1) is 7.84. The minimum atomic E-state index is -0.0973. The summed E-state index contributed by atoms with van der Waals surface area (Å²) in [4.78, 5) is 1.38. The normalized spacial score (nSPS) is 26.9. The molecule has 1 aliphatic heterocycles.